The van der Waals surface area contributed by atoms with Crippen molar-refractivity contribution >= 4 is 5.71 Å². The minimum absolute atomic E-state index is 0.357. The molecule has 0 heterocycles. The van der Waals surface area contributed by atoms with Gasteiger partial charge in [-0.2, -0.15) is 0 Å². The molecule has 0 aliphatic heterocycles. The van der Waals surface area contributed by atoms with Gasteiger partial charge in [-0.25, -0.2) is 4.39 Å². The molecule has 0 atom stereocenters. The molecule has 0 radical (unpaired) electrons. The van der Waals surface area contributed by atoms with Crippen LogP contribution >= 0.6 is 0 Å². The molecule has 3 nitrogen and oxygen atoms in total. The van der Waals surface area contributed by atoms with Crippen molar-refractivity contribution in [2.75, 3.05) is 6.61 Å². The van der Waals surface area contributed by atoms with E-state index in [0.717, 1.165) is 12.8 Å². The second-order valence-electron chi connectivity index (χ2n) is 4.32. The lowest BCUT2D eigenvalue weighted by Gasteiger charge is -2.16. The molecule has 18 heavy (non-hydrogen) atoms. The summed E-state index contributed by atoms with van der Waals surface area (Å²) in [6.45, 7) is 6.40. The summed E-state index contributed by atoms with van der Waals surface area (Å²) < 4.78 is 18.9. The first-order valence-corrected chi connectivity index (χ1v) is 6.23. The molecule has 1 N–H and O–H groups in total. The van der Waals surface area contributed by atoms with Crippen LogP contribution in [-0.4, -0.2) is 17.5 Å². The zero-order valence-corrected chi connectivity index (χ0v) is 11.1. The van der Waals surface area contributed by atoms with Crippen molar-refractivity contribution in [1.29, 1.82) is 0 Å². The van der Waals surface area contributed by atoms with Gasteiger partial charge in [0.1, 0.15) is 11.6 Å². The third kappa shape index (κ3) is 3.72. The first kappa shape index (κ1) is 14.5. The second kappa shape index (κ2) is 6.99. The van der Waals surface area contributed by atoms with E-state index in [0.29, 0.717) is 29.5 Å². The summed E-state index contributed by atoms with van der Waals surface area (Å²) in [5, 5.41) is 11.9. The van der Waals surface area contributed by atoms with Crippen LogP contribution in [0.4, 0.5) is 4.39 Å². The Balaban J connectivity index is 2.89. The number of oxime groups is 1. The lowest BCUT2D eigenvalue weighted by atomic mass is 10.1. The zero-order valence-electron chi connectivity index (χ0n) is 11.1. The summed E-state index contributed by atoms with van der Waals surface area (Å²) in [6.07, 6.45) is 2.04. The third-order valence-corrected chi connectivity index (χ3v) is 3.11. The predicted octanol–water partition coefficient (Wildman–Crippen LogP) is 3.84. The Morgan fingerprint density at radius 3 is 2.61 bits per heavy atom. The van der Waals surface area contributed by atoms with Gasteiger partial charge in [0.25, 0.3) is 0 Å². The van der Waals surface area contributed by atoms with Crippen LogP contribution in [0.1, 0.15) is 39.2 Å². The van der Waals surface area contributed by atoms with Crippen molar-refractivity contribution < 1.29 is 14.3 Å². The average Bonchev–Trinajstić information content (AvgIpc) is 2.39. The van der Waals surface area contributed by atoms with Gasteiger partial charge in [0.15, 0.2) is 0 Å². The first-order valence-electron chi connectivity index (χ1n) is 6.23. The van der Waals surface area contributed by atoms with Gasteiger partial charge < -0.3 is 9.94 Å². The van der Waals surface area contributed by atoms with Crippen molar-refractivity contribution in [3.05, 3.63) is 29.6 Å². The van der Waals surface area contributed by atoms with Gasteiger partial charge in [0, 0.05) is 11.6 Å². The van der Waals surface area contributed by atoms with Gasteiger partial charge in [-0.3, -0.25) is 0 Å². The SMILES string of the molecule is CCC(CC)COc1cc(F)ccc1/C(C)=N/O. The molecule has 0 amide bonds. The molecule has 0 bridgehead atoms. The molecular formula is C14H20FNO2. The van der Waals surface area contributed by atoms with E-state index in [2.05, 4.69) is 19.0 Å². The van der Waals surface area contributed by atoms with Gasteiger partial charge in [-0.05, 0) is 25.0 Å². The molecule has 0 spiro atoms. The van der Waals surface area contributed by atoms with Crippen LogP contribution in [0.2, 0.25) is 0 Å². The van der Waals surface area contributed by atoms with E-state index >= 15 is 0 Å². The van der Waals surface area contributed by atoms with E-state index in [1.807, 2.05) is 0 Å². The van der Waals surface area contributed by atoms with Crippen molar-refractivity contribution in [3.8, 4) is 5.75 Å². The maximum absolute atomic E-state index is 13.2. The number of halogens is 1. The van der Waals surface area contributed by atoms with Crippen LogP contribution in [-0.2, 0) is 0 Å². The fourth-order valence-corrected chi connectivity index (χ4v) is 1.70. The standard InChI is InChI=1S/C14H20FNO2/c1-4-11(5-2)9-18-14-8-12(15)6-7-13(14)10(3)16-17/h6-8,11,17H,4-5,9H2,1-3H3/b16-10+. The Kier molecular flexibility index (Phi) is 5.62. The highest BCUT2D eigenvalue weighted by Crippen LogP contribution is 2.22. The van der Waals surface area contributed by atoms with Gasteiger partial charge in [-0.1, -0.05) is 31.8 Å². The molecular weight excluding hydrogens is 233 g/mol. The van der Waals surface area contributed by atoms with Crippen LogP contribution in [0, 0.1) is 11.7 Å². The van der Waals surface area contributed by atoms with E-state index in [1.54, 1.807) is 13.0 Å². The number of rotatable bonds is 6. The van der Waals surface area contributed by atoms with E-state index in [1.165, 1.54) is 12.1 Å². The number of nitrogens with zero attached hydrogens (tertiary/aromatic N) is 1. The van der Waals surface area contributed by atoms with E-state index in [-0.39, 0.29) is 5.82 Å². The Labute approximate surface area is 107 Å². The molecule has 0 saturated carbocycles. The minimum atomic E-state index is -0.357. The van der Waals surface area contributed by atoms with E-state index in [4.69, 9.17) is 9.94 Å². The summed E-state index contributed by atoms with van der Waals surface area (Å²) in [5.41, 5.74) is 1.03. The molecule has 100 valence electrons. The zero-order chi connectivity index (χ0) is 13.5. The van der Waals surface area contributed by atoms with Crippen LogP contribution in [0.15, 0.2) is 23.4 Å². The van der Waals surface area contributed by atoms with Crippen LogP contribution < -0.4 is 4.74 Å². The quantitative estimate of drug-likeness (QED) is 0.475. The van der Waals surface area contributed by atoms with Crippen molar-refractivity contribution in [3.63, 3.8) is 0 Å². The summed E-state index contributed by atoms with van der Waals surface area (Å²) in [7, 11) is 0. The molecule has 0 aromatic heterocycles. The molecule has 0 aliphatic rings. The number of hydrogen-bond acceptors (Lipinski definition) is 3. The predicted molar refractivity (Wildman–Crippen MR) is 70.0 cm³/mol. The molecule has 0 fully saturated rings. The van der Waals surface area contributed by atoms with Gasteiger partial charge in [-0.15, -0.1) is 0 Å². The Morgan fingerprint density at radius 2 is 2.06 bits per heavy atom. The van der Waals surface area contributed by atoms with Crippen molar-refractivity contribution in [2.24, 2.45) is 11.1 Å². The highest BCUT2D eigenvalue weighted by molar-refractivity contribution is 6.00. The molecule has 4 heteroatoms. The summed E-state index contributed by atoms with van der Waals surface area (Å²) in [5.74, 6) is 0.522. The molecule has 1 aromatic rings. The fourth-order valence-electron chi connectivity index (χ4n) is 1.70. The molecule has 1 rings (SSSR count). The molecule has 1 aromatic carbocycles. The first-order chi connectivity index (χ1) is 8.62. The van der Waals surface area contributed by atoms with E-state index in [9.17, 15) is 4.39 Å². The molecule has 0 unspecified atom stereocenters. The maximum Gasteiger partial charge on any atom is 0.131 e. The smallest absolute Gasteiger partial charge is 0.131 e. The van der Waals surface area contributed by atoms with Crippen molar-refractivity contribution in [1.82, 2.24) is 0 Å². The minimum Gasteiger partial charge on any atom is -0.492 e. The van der Waals surface area contributed by atoms with E-state index < -0.39 is 0 Å². The van der Waals surface area contributed by atoms with Gasteiger partial charge in [0.05, 0.1) is 12.3 Å². The topological polar surface area (TPSA) is 41.8 Å². The molecule has 0 saturated heterocycles. The van der Waals surface area contributed by atoms with Crippen LogP contribution in [0.3, 0.4) is 0 Å². The average molecular weight is 253 g/mol. The molecule has 0 aliphatic carbocycles. The lowest BCUT2D eigenvalue weighted by Crippen LogP contribution is -2.12. The fraction of sp³-hybridized carbons (Fsp3) is 0.500. The van der Waals surface area contributed by atoms with Crippen molar-refractivity contribution in [2.45, 2.75) is 33.6 Å². The second-order valence-corrected chi connectivity index (χ2v) is 4.32. The lowest BCUT2D eigenvalue weighted by molar-refractivity contribution is 0.239. The maximum atomic E-state index is 13.2. The Hall–Kier alpha value is -1.58. The van der Waals surface area contributed by atoms with Gasteiger partial charge in [0.2, 0.25) is 0 Å². The third-order valence-electron chi connectivity index (χ3n) is 3.11. The van der Waals surface area contributed by atoms with Crippen LogP contribution in [0.25, 0.3) is 0 Å². The number of hydrogen-bond donors (Lipinski definition) is 1. The number of ether oxygens (including phenoxy) is 1. The highest BCUT2D eigenvalue weighted by Gasteiger charge is 2.11. The Morgan fingerprint density at radius 1 is 1.39 bits per heavy atom. The largest absolute Gasteiger partial charge is 0.492 e. The van der Waals surface area contributed by atoms with Gasteiger partial charge >= 0.3 is 0 Å². The summed E-state index contributed by atoms with van der Waals surface area (Å²) in [6, 6.07) is 4.22. The Bertz CT molecular complexity index is 414. The normalized spacial score (nSPS) is 11.9. The van der Waals surface area contributed by atoms with Crippen LogP contribution in [0.5, 0.6) is 5.75 Å². The highest BCUT2D eigenvalue weighted by atomic mass is 19.1. The monoisotopic (exact) mass is 253 g/mol. The summed E-state index contributed by atoms with van der Waals surface area (Å²) >= 11 is 0. The number of benzene rings is 1. The summed E-state index contributed by atoms with van der Waals surface area (Å²) in [4.78, 5) is 0.